The second-order valence-corrected chi connectivity index (χ2v) is 5.71. The third-order valence-corrected chi connectivity index (χ3v) is 4.02. The summed E-state index contributed by atoms with van der Waals surface area (Å²) in [6.45, 7) is 0. The predicted octanol–water partition coefficient (Wildman–Crippen LogP) is 3.81. The molecule has 1 aromatic heterocycles. The topological polar surface area (TPSA) is 106 Å². The summed E-state index contributed by atoms with van der Waals surface area (Å²) in [5.74, 6) is 0.804. The summed E-state index contributed by atoms with van der Waals surface area (Å²) < 4.78 is 5.54. The van der Waals surface area contributed by atoms with Crippen LogP contribution in [0.4, 0.5) is 5.69 Å². The lowest BCUT2D eigenvalue weighted by Crippen LogP contribution is -1.88. The molecule has 2 aromatic carbocycles. The van der Waals surface area contributed by atoms with Crippen LogP contribution in [0.25, 0.3) is 11.5 Å². The fraction of sp³-hybridized carbons (Fsp3) is 0.0625. The van der Waals surface area contributed by atoms with E-state index in [1.165, 1.54) is 23.9 Å². The molecule has 1 heterocycles. The van der Waals surface area contributed by atoms with Gasteiger partial charge in [-0.25, -0.2) is 0 Å². The van der Waals surface area contributed by atoms with Crippen LogP contribution in [-0.4, -0.2) is 15.1 Å². The van der Waals surface area contributed by atoms with E-state index in [1.807, 2.05) is 12.1 Å². The molecule has 0 radical (unpaired) electrons. The molecule has 0 aliphatic heterocycles. The van der Waals surface area contributed by atoms with Gasteiger partial charge in [-0.1, -0.05) is 30.0 Å². The fourth-order valence-electron chi connectivity index (χ4n) is 2.01. The SMILES string of the molecule is N#Cc1cccc(CSc2nnc(-c3cccc([N+](=O)[O-])c3)o2)c1. The van der Waals surface area contributed by atoms with Crippen molar-refractivity contribution in [3.05, 3.63) is 69.8 Å². The van der Waals surface area contributed by atoms with Crippen molar-refractivity contribution in [1.82, 2.24) is 10.2 Å². The molecule has 8 heteroatoms. The lowest BCUT2D eigenvalue weighted by atomic mass is 10.2. The monoisotopic (exact) mass is 338 g/mol. The van der Waals surface area contributed by atoms with Crippen LogP contribution in [0.1, 0.15) is 11.1 Å². The largest absolute Gasteiger partial charge is 0.411 e. The van der Waals surface area contributed by atoms with E-state index >= 15 is 0 Å². The zero-order chi connectivity index (χ0) is 16.9. The van der Waals surface area contributed by atoms with Crippen LogP contribution in [0.15, 0.2) is 58.2 Å². The van der Waals surface area contributed by atoms with Crippen LogP contribution in [0.5, 0.6) is 0 Å². The molecule has 0 amide bonds. The highest BCUT2D eigenvalue weighted by atomic mass is 32.2. The van der Waals surface area contributed by atoms with E-state index in [-0.39, 0.29) is 11.6 Å². The van der Waals surface area contributed by atoms with Gasteiger partial charge in [0.1, 0.15) is 0 Å². The van der Waals surface area contributed by atoms with Crippen LogP contribution in [0.2, 0.25) is 0 Å². The van der Waals surface area contributed by atoms with Gasteiger partial charge in [-0.2, -0.15) is 5.26 Å². The molecule has 0 fully saturated rings. The summed E-state index contributed by atoms with van der Waals surface area (Å²) in [6, 6.07) is 15.4. The summed E-state index contributed by atoms with van der Waals surface area (Å²) >= 11 is 1.34. The van der Waals surface area contributed by atoms with Crippen LogP contribution in [0, 0.1) is 21.4 Å². The van der Waals surface area contributed by atoms with E-state index in [4.69, 9.17) is 9.68 Å². The van der Waals surface area contributed by atoms with Crippen molar-refractivity contribution >= 4 is 17.4 Å². The van der Waals surface area contributed by atoms with Crippen molar-refractivity contribution < 1.29 is 9.34 Å². The number of thioether (sulfide) groups is 1. The maximum atomic E-state index is 10.8. The molecular weight excluding hydrogens is 328 g/mol. The van der Waals surface area contributed by atoms with Gasteiger partial charge in [0.25, 0.3) is 10.9 Å². The first kappa shape index (κ1) is 15.7. The van der Waals surface area contributed by atoms with Crippen molar-refractivity contribution in [2.24, 2.45) is 0 Å². The number of rotatable bonds is 5. The van der Waals surface area contributed by atoms with E-state index < -0.39 is 4.92 Å². The summed E-state index contributed by atoms with van der Waals surface area (Å²) in [4.78, 5) is 10.3. The zero-order valence-electron chi connectivity index (χ0n) is 12.2. The molecule has 0 aliphatic carbocycles. The normalized spacial score (nSPS) is 10.3. The first-order chi connectivity index (χ1) is 11.7. The first-order valence-corrected chi connectivity index (χ1v) is 7.84. The molecule has 0 saturated carbocycles. The minimum Gasteiger partial charge on any atom is -0.411 e. The number of non-ortho nitro benzene ring substituents is 1. The summed E-state index contributed by atoms with van der Waals surface area (Å²) in [5.41, 5.74) is 2.02. The lowest BCUT2D eigenvalue weighted by molar-refractivity contribution is -0.384. The maximum absolute atomic E-state index is 10.8. The van der Waals surface area contributed by atoms with Gasteiger partial charge in [0.2, 0.25) is 5.89 Å². The Hall–Kier alpha value is -3.18. The highest BCUT2D eigenvalue weighted by molar-refractivity contribution is 7.98. The van der Waals surface area contributed by atoms with E-state index in [0.29, 0.717) is 22.1 Å². The minimum atomic E-state index is -0.474. The minimum absolute atomic E-state index is 0.0341. The van der Waals surface area contributed by atoms with Gasteiger partial charge >= 0.3 is 0 Å². The van der Waals surface area contributed by atoms with Gasteiger partial charge in [-0.15, -0.1) is 10.2 Å². The highest BCUT2D eigenvalue weighted by Gasteiger charge is 2.13. The average molecular weight is 338 g/mol. The van der Waals surface area contributed by atoms with Crippen LogP contribution >= 0.6 is 11.8 Å². The molecule has 0 atom stereocenters. The second kappa shape index (κ2) is 6.93. The molecule has 0 bridgehead atoms. The van der Waals surface area contributed by atoms with E-state index in [2.05, 4.69) is 16.3 Å². The summed E-state index contributed by atoms with van der Waals surface area (Å²) in [7, 11) is 0. The zero-order valence-corrected chi connectivity index (χ0v) is 13.1. The van der Waals surface area contributed by atoms with Gasteiger partial charge in [0.05, 0.1) is 16.6 Å². The molecular formula is C16H10N4O3S. The van der Waals surface area contributed by atoms with E-state index in [1.54, 1.807) is 24.3 Å². The molecule has 0 saturated heterocycles. The number of nitriles is 1. The predicted molar refractivity (Wildman–Crippen MR) is 87.1 cm³/mol. The Balaban J connectivity index is 1.73. The van der Waals surface area contributed by atoms with E-state index in [0.717, 1.165) is 5.56 Å². The Morgan fingerprint density at radius 3 is 2.83 bits per heavy atom. The van der Waals surface area contributed by atoms with Gasteiger partial charge in [0.15, 0.2) is 0 Å². The van der Waals surface area contributed by atoms with Gasteiger partial charge < -0.3 is 4.42 Å². The number of hydrogen-bond acceptors (Lipinski definition) is 7. The van der Waals surface area contributed by atoms with Crippen molar-refractivity contribution in [3.63, 3.8) is 0 Å². The molecule has 0 unspecified atom stereocenters. The Labute approximate surface area is 141 Å². The number of nitro groups is 1. The van der Waals surface area contributed by atoms with Crippen molar-refractivity contribution in [2.75, 3.05) is 0 Å². The Bertz CT molecular complexity index is 933. The van der Waals surface area contributed by atoms with Crippen molar-refractivity contribution in [1.29, 1.82) is 5.26 Å². The highest BCUT2D eigenvalue weighted by Crippen LogP contribution is 2.27. The average Bonchev–Trinajstić information content (AvgIpc) is 3.09. The molecule has 0 aliphatic rings. The van der Waals surface area contributed by atoms with Crippen molar-refractivity contribution in [3.8, 4) is 17.5 Å². The third kappa shape index (κ3) is 3.59. The maximum Gasteiger partial charge on any atom is 0.277 e. The van der Waals surface area contributed by atoms with Gasteiger partial charge in [0, 0.05) is 23.4 Å². The second-order valence-electron chi connectivity index (χ2n) is 4.78. The number of nitro benzene ring substituents is 1. The standard InChI is InChI=1S/C16H10N4O3S/c17-9-11-3-1-4-12(7-11)10-24-16-19-18-15(23-16)13-5-2-6-14(8-13)20(21)22/h1-8H,10H2. The summed E-state index contributed by atoms with van der Waals surface area (Å²) in [5, 5.41) is 27.9. The third-order valence-electron chi connectivity index (χ3n) is 3.13. The molecule has 24 heavy (non-hydrogen) atoms. The molecule has 0 spiro atoms. The van der Waals surface area contributed by atoms with Crippen LogP contribution < -0.4 is 0 Å². The molecule has 0 N–H and O–H groups in total. The van der Waals surface area contributed by atoms with Gasteiger partial charge in [-0.3, -0.25) is 10.1 Å². The Morgan fingerprint density at radius 1 is 1.21 bits per heavy atom. The fourth-order valence-corrected chi connectivity index (χ4v) is 2.72. The van der Waals surface area contributed by atoms with Crippen molar-refractivity contribution in [2.45, 2.75) is 11.0 Å². The quantitative estimate of drug-likeness (QED) is 0.395. The first-order valence-electron chi connectivity index (χ1n) is 6.86. The lowest BCUT2D eigenvalue weighted by Gasteiger charge is -1.98. The Morgan fingerprint density at radius 2 is 2.04 bits per heavy atom. The summed E-state index contributed by atoms with van der Waals surface area (Å²) in [6.07, 6.45) is 0. The van der Waals surface area contributed by atoms with Crippen LogP contribution in [-0.2, 0) is 5.75 Å². The molecule has 7 nitrogen and oxygen atoms in total. The Kier molecular flexibility index (Phi) is 4.54. The molecule has 3 rings (SSSR count). The molecule has 118 valence electrons. The molecule has 3 aromatic rings. The number of benzene rings is 2. The number of hydrogen-bond donors (Lipinski definition) is 0. The van der Waals surface area contributed by atoms with Gasteiger partial charge in [-0.05, 0) is 23.8 Å². The number of aromatic nitrogens is 2. The smallest absolute Gasteiger partial charge is 0.277 e. The number of nitrogens with zero attached hydrogens (tertiary/aromatic N) is 4. The van der Waals surface area contributed by atoms with E-state index in [9.17, 15) is 10.1 Å². The van der Waals surface area contributed by atoms with Crippen LogP contribution in [0.3, 0.4) is 0 Å².